The topological polar surface area (TPSA) is 45.6 Å². The summed E-state index contributed by atoms with van der Waals surface area (Å²) in [4.78, 5) is 3.74. The van der Waals surface area contributed by atoms with Gasteiger partial charge in [0, 0.05) is 26.2 Å². The molecule has 0 aromatic carbocycles. The Morgan fingerprint density at radius 1 is 1.09 bits per heavy atom. The van der Waals surface area contributed by atoms with Crippen molar-refractivity contribution in [2.24, 2.45) is 4.99 Å². The second-order valence-corrected chi connectivity index (χ2v) is 2.38. The van der Waals surface area contributed by atoms with Crippen LogP contribution in [0.4, 0.5) is 0 Å². The number of hydrogen-bond donors (Lipinski definition) is 2. The van der Waals surface area contributed by atoms with Crippen molar-refractivity contribution < 1.29 is 4.74 Å². The first-order chi connectivity index (χ1) is 5.50. The molecule has 0 bridgehead atoms. The van der Waals surface area contributed by atoms with E-state index in [4.69, 9.17) is 0 Å². The molecule has 1 fully saturated rings. The summed E-state index contributed by atoms with van der Waals surface area (Å²) in [6.45, 7) is 6.18. The highest BCUT2D eigenvalue weighted by atomic mass is 16.5. The summed E-state index contributed by atoms with van der Waals surface area (Å²) in [5, 5.41) is 6.44. The Morgan fingerprint density at radius 3 is 1.91 bits per heavy atom. The third kappa shape index (κ3) is 4.75. The average Bonchev–Trinajstić information content (AvgIpc) is 2.64. The molecule has 2 heterocycles. The van der Waals surface area contributed by atoms with E-state index < -0.39 is 0 Å². The van der Waals surface area contributed by atoms with Crippen molar-refractivity contribution in [2.45, 2.75) is 0 Å². The molecule has 0 saturated carbocycles. The van der Waals surface area contributed by atoms with Gasteiger partial charge in [-0.05, 0) is 0 Å². The molecular weight excluding hydrogens is 142 g/mol. The fraction of sp³-hybridized carbons (Fsp3) is 0.857. The number of aliphatic imine (C=N–C) groups is 1. The van der Waals surface area contributed by atoms with Crippen molar-refractivity contribution in [3.05, 3.63) is 0 Å². The van der Waals surface area contributed by atoms with Crippen molar-refractivity contribution in [1.29, 1.82) is 0 Å². The zero-order valence-electron chi connectivity index (χ0n) is 6.68. The van der Waals surface area contributed by atoms with Crippen LogP contribution in [0.2, 0.25) is 0 Å². The van der Waals surface area contributed by atoms with E-state index in [1.807, 2.05) is 0 Å². The standard InChI is InChI=1S/C4H10N2.C3H5NO/c1-2-6-4-3-5-1;1-2-5-3-4-1/h5-6H,1-4H2;3H,1-2H2. The molecule has 64 valence electrons. The second-order valence-electron chi connectivity index (χ2n) is 2.38. The number of piperazine rings is 1. The highest BCUT2D eigenvalue weighted by Gasteiger charge is 1.91. The van der Waals surface area contributed by atoms with E-state index in [9.17, 15) is 0 Å². The molecule has 0 aromatic rings. The quantitative estimate of drug-likeness (QED) is 0.485. The van der Waals surface area contributed by atoms with Crippen LogP contribution in [0.5, 0.6) is 0 Å². The van der Waals surface area contributed by atoms with Gasteiger partial charge in [-0.3, -0.25) is 4.99 Å². The molecule has 0 radical (unpaired) electrons. The van der Waals surface area contributed by atoms with Crippen LogP contribution < -0.4 is 10.6 Å². The van der Waals surface area contributed by atoms with Gasteiger partial charge in [0.25, 0.3) is 0 Å². The van der Waals surface area contributed by atoms with Crippen LogP contribution in [-0.2, 0) is 4.74 Å². The van der Waals surface area contributed by atoms with Crippen molar-refractivity contribution >= 4 is 6.40 Å². The SMILES string of the molecule is C1=NCCO1.C1CNCCN1. The molecule has 0 atom stereocenters. The van der Waals surface area contributed by atoms with Crippen molar-refractivity contribution in [1.82, 2.24) is 10.6 Å². The third-order valence-electron chi connectivity index (χ3n) is 1.44. The Bertz CT molecular complexity index is 94.7. The smallest absolute Gasteiger partial charge is 0.169 e. The van der Waals surface area contributed by atoms with E-state index in [0.717, 1.165) is 39.3 Å². The van der Waals surface area contributed by atoms with Gasteiger partial charge in [0.2, 0.25) is 0 Å². The van der Waals surface area contributed by atoms with Gasteiger partial charge >= 0.3 is 0 Å². The number of ether oxygens (including phenoxy) is 1. The van der Waals surface area contributed by atoms with Crippen LogP contribution in [0.1, 0.15) is 0 Å². The molecule has 0 aliphatic carbocycles. The van der Waals surface area contributed by atoms with Gasteiger partial charge in [0.05, 0.1) is 6.54 Å². The highest BCUT2D eigenvalue weighted by molar-refractivity contribution is 5.47. The Kier molecular flexibility index (Phi) is 4.72. The lowest BCUT2D eigenvalue weighted by Crippen LogP contribution is -2.39. The van der Waals surface area contributed by atoms with Gasteiger partial charge in [-0.15, -0.1) is 0 Å². The lowest BCUT2D eigenvalue weighted by Gasteiger charge is -2.11. The van der Waals surface area contributed by atoms with Crippen LogP contribution >= 0.6 is 0 Å². The maximum absolute atomic E-state index is 4.65. The van der Waals surface area contributed by atoms with Gasteiger partial charge in [0.1, 0.15) is 6.61 Å². The molecule has 0 aromatic heterocycles. The predicted molar refractivity (Wildman–Crippen MR) is 45.1 cm³/mol. The number of nitrogens with one attached hydrogen (secondary N) is 2. The molecule has 0 amide bonds. The number of rotatable bonds is 0. The maximum atomic E-state index is 4.65. The maximum Gasteiger partial charge on any atom is 0.169 e. The molecule has 0 unspecified atom stereocenters. The van der Waals surface area contributed by atoms with Gasteiger partial charge in [-0.2, -0.15) is 0 Å². The second kappa shape index (κ2) is 6.12. The van der Waals surface area contributed by atoms with Crippen LogP contribution in [0.15, 0.2) is 4.99 Å². The summed E-state index contributed by atoms with van der Waals surface area (Å²) in [6.07, 6.45) is 1.49. The fourth-order valence-electron chi connectivity index (χ4n) is 0.867. The zero-order valence-corrected chi connectivity index (χ0v) is 6.68. The van der Waals surface area contributed by atoms with E-state index in [1.54, 1.807) is 0 Å². The Hall–Kier alpha value is -0.610. The summed E-state index contributed by atoms with van der Waals surface area (Å²) in [5.74, 6) is 0. The minimum atomic E-state index is 0.778. The zero-order chi connectivity index (χ0) is 7.78. The largest absolute Gasteiger partial charge is 0.482 e. The van der Waals surface area contributed by atoms with Gasteiger partial charge in [-0.1, -0.05) is 0 Å². The van der Waals surface area contributed by atoms with E-state index in [1.165, 1.54) is 6.40 Å². The van der Waals surface area contributed by atoms with Gasteiger partial charge in [0.15, 0.2) is 6.40 Å². The average molecular weight is 157 g/mol. The minimum absolute atomic E-state index is 0.778. The third-order valence-corrected chi connectivity index (χ3v) is 1.44. The fourth-order valence-corrected chi connectivity index (χ4v) is 0.867. The molecule has 4 heteroatoms. The summed E-state index contributed by atoms with van der Waals surface area (Å²) in [7, 11) is 0. The first-order valence-electron chi connectivity index (χ1n) is 4.01. The summed E-state index contributed by atoms with van der Waals surface area (Å²) in [5.41, 5.74) is 0. The predicted octanol–water partition coefficient (Wildman–Crippen LogP) is -0.776. The van der Waals surface area contributed by atoms with Crippen LogP contribution in [-0.4, -0.2) is 45.7 Å². The van der Waals surface area contributed by atoms with E-state index in [-0.39, 0.29) is 0 Å². The number of hydrogen-bond acceptors (Lipinski definition) is 4. The molecule has 1 saturated heterocycles. The van der Waals surface area contributed by atoms with Crippen LogP contribution in [0.25, 0.3) is 0 Å². The highest BCUT2D eigenvalue weighted by Crippen LogP contribution is 1.78. The summed E-state index contributed by atoms with van der Waals surface area (Å²) < 4.78 is 4.65. The molecule has 2 aliphatic rings. The molecule has 0 spiro atoms. The van der Waals surface area contributed by atoms with Crippen molar-refractivity contribution in [3.8, 4) is 0 Å². The van der Waals surface area contributed by atoms with E-state index in [0.29, 0.717) is 0 Å². The molecule has 2 N–H and O–H groups in total. The molecule has 2 rings (SSSR count). The summed E-state index contributed by atoms with van der Waals surface area (Å²) in [6, 6.07) is 0. The first kappa shape index (κ1) is 8.49. The van der Waals surface area contributed by atoms with Crippen LogP contribution in [0, 0.1) is 0 Å². The number of nitrogens with zero attached hydrogens (tertiary/aromatic N) is 1. The van der Waals surface area contributed by atoms with E-state index in [2.05, 4.69) is 20.4 Å². The summed E-state index contributed by atoms with van der Waals surface area (Å²) >= 11 is 0. The minimum Gasteiger partial charge on any atom is -0.482 e. The lowest BCUT2D eigenvalue weighted by molar-refractivity contribution is 0.361. The van der Waals surface area contributed by atoms with Gasteiger partial charge in [-0.25, -0.2) is 0 Å². The molecule has 11 heavy (non-hydrogen) atoms. The molecular formula is C7H15N3O. The molecule has 2 aliphatic heterocycles. The molecule has 4 nitrogen and oxygen atoms in total. The monoisotopic (exact) mass is 157 g/mol. The van der Waals surface area contributed by atoms with Gasteiger partial charge < -0.3 is 15.4 Å². The van der Waals surface area contributed by atoms with E-state index >= 15 is 0 Å². The lowest BCUT2D eigenvalue weighted by atomic mass is 10.4. The first-order valence-corrected chi connectivity index (χ1v) is 4.01. The van der Waals surface area contributed by atoms with Crippen LogP contribution in [0.3, 0.4) is 0 Å². The Balaban J connectivity index is 0.000000112. The normalized spacial score (nSPS) is 21.8. The van der Waals surface area contributed by atoms with Crippen molar-refractivity contribution in [2.75, 3.05) is 39.3 Å². The van der Waals surface area contributed by atoms with Crippen molar-refractivity contribution in [3.63, 3.8) is 0 Å². The Morgan fingerprint density at radius 2 is 1.73 bits per heavy atom. The Labute approximate surface area is 67.0 Å².